The van der Waals surface area contributed by atoms with Crippen LogP contribution in [0.5, 0.6) is 11.5 Å². The first-order valence-electron chi connectivity index (χ1n) is 8.42. The molecule has 2 aromatic rings. The van der Waals surface area contributed by atoms with E-state index in [2.05, 4.69) is 26.1 Å². The van der Waals surface area contributed by atoms with Gasteiger partial charge in [0.2, 0.25) is 0 Å². The zero-order valence-corrected chi connectivity index (χ0v) is 16.2. The van der Waals surface area contributed by atoms with Gasteiger partial charge >= 0.3 is 0 Å². The summed E-state index contributed by atoms with van der Waals surface area (Å²) in [6.07, 6.45) is 0.539. The van der Waals surface area contributed by atoms with Crippen molar-refractivity contribution >= 4 is 27.5 Å². The highest BCUT2D eigenvalue weighted by Gasteiger charge is 2.37. The van der Waals surface area contributed by atoms with Gasteiger partial charge < -0.3 is 25.4 Å². The Balaban J connectivity index is 1.85. The maximum absolute atomic E-state index is 12.7. The molecule has 0 saturated carbocycles. The number of nitrogens with zero attached hydrogens (tertiary/aromatic N) is 1. The van der Waals surface area contributed by atoms with Crippen LogP contribution in [0, 0.1) is 0 Å². The number of hydrogen-bond acceptors (Lipinski definition) is 5. The summed E-state index contributed by atoms with van der Waals surface area (Å²) in [7, 11) is 3.19. The summed E-state index contributed by atoms with van der Waals surface area (Å²) >= 11 is 3.54. The molecule has 0 unspecified atom stereocenters. The van der Waals surface area contributed by atoms with Crippen molar-refractivity contribution < 1.29 is 14.3 Å². The number of carbonyl (C=O) groups is 1. The molecule has 6 nitrogen and oxygen atoms in total. The molecule has 7 heteroatoms. The topological polar surface area (TPSA) is 76.8 Å². The van der Waals surface area contributed by atoms with Gasteiger partial charge in [-0.1, -0.05) is 12.1 Å². The molecule has 26 heavy (non-hydrogen) atoms. The van der Waals surface area contributed by atoms with E-state index in [1.807, 2.05) is 30.3 Å². The van der Waals surface area contributed by atoms with Crippen LogP contribution in [0.1, 0.15) is 40.1 Å². The number of amides is 1. The Morgan fingerprint density at radius 2 is 2.08 bits per heavy atom. The van der Waals surface area contributed by atoms with Gasteiger partial charge in [-0.2, -0.15) is 0 Å². The molecule has 2 aliphatic heterocycles. The Bertz CT molecular complexity index is 887. The zero-order valence-electron chi connectivity index (χ0n) is 14.6. The number of rotatable bonds is 3. The number of hydrogen-bond donors (Lipinski definition) is 2. The van der Waals surface area contributed by atoms with Gasteiger partial charge in [-0.3, -0.25) is 4.79 Å². The van der Waals surface area contributed by atoms with Gasteiger partial charge in [-0.05, 0) is 51.7 Å². The van der Waals surface area contributed by atoms with Crippen molar-refractivity contribution in [2.45, 2.75) is 18.6 Å². The Kier molecular flexibility index (Phi) is 4.28. The fourth-order valence-electron chi connectivity index (χ4n) is 3.81. The zero-order chi connectivity index (χ0) is 18.4. The second-order valence-corrected chi connectivity index (χ2v) is 7.30. The number of carbonyl (C=O) groups excluding carboxylic acids is 1. The number of para-hydroxylation sites is 1. The summed E-state index contributed by atoms with van der Waals surface area (Å²) in [5, 5.41) is 3.11. The first-order valence-corrected chi connectivity index (χ1v) is 9.22. The standard InChI is InChI=1S/C19H20BrN3O3/c1-25-15-9-10(8-13(20)17(15)26-2)18-22-19(24)12-5-3-4-11-14(21)6-7-23(18)16(11)12/h3-5,8-9,14,18H,6-7,21H2,1-2H3,(H,22,24)/t14-,18-/m0/s1. The molecule has 136 valence electrons. The first-order chi connectivity index (χ1) is 12.5. The van der Waals surface area contributed by atoms with E-state index in [1.54, 1.807) is 14.2 Å². The lowest BCUT2D eigenvalue weighted by molar-refractivity contribution is 0.0925. The number of anilines is 1. The number of nitrogens with two attached hydrogens (primary N) is 1. The van der Waals surface area contributed by atoms with E-state index >= 15 is 0 Å². The Morgan fingerprint density at radius 1 is 1.27 bits per heavy atom. The molecule has 0 saturated heterocycles. The maximum Gasteiger partial charge on any atom is 0.255 e. The van der Waals surface area contributed by atoms with Gasteiger partial charge in [0.1, 0.15) is 6.17 Å². The lowest BCUT2D eigenvalue weighted by Crippen LogP contribution is -2.49. The second kappa shape index (κ2) is 6.48. The quantitative estimate of drug-likeness (QED) is 0.801. The largest absolute Gasteiger partial charge is 0.493 e. The van der Waals surface area contributed by atoms with Gasteiger partial charge in [0.15, 0.2) is 11.5 Å². The van der Waals surface area contributed by atoms with E-state index in [-0.39, 0.29) is 18.1 Å². The predicted molar refractivity (Wildman–Crippen MR) is 103 cm³/mol. The minimum atomic E-state index is -0.292. The average Bonchev–Trinajstić information content (AvgIpc) is 2.65. The van der Waals surface area contributed by atoms with E-state index in [9.17, 15) is 4.79 Å². The number of halogens is 1. The van der Waals surface area contributed by atoms with Gasteiger partial charge in [0.05, 0.1) is 29.9 Å². The van der Waals surface area contributed by atoms with Crippen LogP contribution < -0.4 is 25.4 Å². The number of benzene rings is 2. The van der Waals surface area contributed by atoms with Crippen molar-refractivity contribution in [3.63, 3.8) is 0 Å². The number of methoxy groups -OCH3 is 2. The highest BCUT2D eigenvalue weighted by Crippen LogP contribution is 2.44. The summed E-state index contributed by atoms with van der Waals surface area (Å²) < 4.78 is 11.6. The highest BCUT2D eigenvalue weighted by atomic mass is 79.9. The first kappa shape index (κ1) is 17.2. The van der Waals surface area contributed by atoms with Crippen molar-refractivity contribution in [1.82, 2.24) is 5.32 Å². The minimum Gasteiger partial charge on any atom is -0.493 e. The van der Waals surface area contributed by atoms with Crippen LogP contribution in [0.2, 0.25) is 0 Å². The molecule has 2 atom stereocenters. The molecule has 3 N–H and O–H groups in total. The fraction of sp³-hybridized carbons (Fsp3) is 0.316. The lowest BCUT2D eigenvalue weighted by atomic mass is 9.90. The van der Waals surface area contributed by atoms with Gasteiger partial charge in [0, 0.05) is 12.6 Å². The third-order valence-electron chi connectivity index (χ3n) is 5.03. The summed E-state index contributed by atoms with van der Waals surface area (Å²) in [4.78, 5) is 14.9. The van der Waals surface area contributed by atoms with E-state index in [1.165, 1.54) is 0 Å². The molecule has 0 fully saturated rings. The van der Waals surface area contributed by atoms with E-state index in [0.717, 1.165) is 34.3 Å². The summed E-state index contributed by atoms with van der Waals surface area (Å²) in [6.45, 7) is 0.766. The Morgan fingerprint density at radius 3 is 2.81 bits per heavy atom. The van der Waals surface area contributed by atoms with Gasteiger partial charge in [0.25, 0.3) is 5.91 Å². The molecule has 1 amide bonds. The number of nitrogens with one attached hydrogen (secondary N) is 1. The monoisotopic (exact) mass is 417 g/mol. The number of ether oxygens (including phenoxy) is 2. The average molecular weight is 418 g/mol. The third-order valence-corrected chi connectivity index (χ3v) is 5.62. The van der Waals surface area contributed by atoms with Crippen LogP contribution in [0.4, 0.5) is 5.69 Å². The Labute approximate surface area is 160 Å². The van der Waals surface area contributed by atoms with E-state index in [0.29, 0.717) is 17.1 Å². The summed E-state index contributed by atoms with van der Waals surface area (Å²) in [5.41, 5.74) is 9.84. The lowest BCUT2D eigenvalue weighted by Gasteiger charge is -2.44. The molecule has 0 spiro atoms. The predicted octanol–water partition coefficient (Wildman–Crippen LogP) is 3.12. The van der Waals surface area contributed by atoms with Crippen LogP contribution in [0.3, 0.4) is 0 Å². The summed E-state index contributed by atoms with van der Waals surface area (Å²) in [6, 6.07) is 9.55. The van der Waals surface area contributed by atoms with Crippen molar-refractivity contribution in [2.75, 3.05) is 25.7 Å². The van der Waals surface area contributed by atoms with Crippen molar-refractivity contribution in [3.8, 4) is 11.5 Å². The smallest absolute Gasteiger partial charge is 0.255 e. The summed E-state index contributed by atoms with van der Waals surface area (Å²) in [5.74, 6) is 1.14. The SMILES string of the molecule is COc1cc([C@H]2NC(=O)c3cccc4c3N2CC[C@@H]4N)cc(Br)c1OC. The molecule has 4 rings (SSSR count). The van der Waals surface area contributed by atoms with E-state index in [4.69, 9.17) is 15.2 Å². The third kappa shape index (κ3) is 2.54. The van der Waals surface area contributed by atoms with Crippen LogP contribution >= 0.6 is 15.9 Å². The molecule has 0 bridgehead atoms. The van der Waals surface area contributed by atoms with Crippen molar-refractivity contribution in [2.24, 2.45) is 5.73 Å². The van der Waals surface area contributed by atoms with Gasteiger partial charge in [-0.15, -0.1) is 0 Å². The molecular weight excluding hydrogens is 398 g/mol. The molecule has 2 aromatic carbocycles. The molecule has 2 heterocycles. The molecule has 2 aliphatic rings. The maximum atomic E-state index is 12.7. The second-order valence-electron chi connectivity index (χ2n) is 6.45. The van der Waals surface area contributed by atoms with Crippen molar-refractivity contribution in [3.05, 3.63) is 51.5 Å². The molecule has 0 aliphatic carbocycles. The van der Waals surface area contributed by atoms with Crippen LogP contribution in [-0.4, -0.2) is 26.7 Å². The molecule has 0 aromatic heterocycles. The van der Waals surface area contributed by atoms with Crippen molar-refractivity contribution in [1.29, 1.82) is 0 Å². The van der Waals surface area contributed by atoms with Gasteiger partial charge in [-0.25, -0.2) is 0 Å². The van der Waals surface area contributed by atoms with Crippen LogP contribution in [0.25, 0.3) is 0 Å². The van der Waals surface area contributed by atoms with Crippen LogP contribution in [0.15, 0.2) is 34.8 Å². The normalized spacial score (nSPS) is 21.1. The Hall–Kier alpha value is -2.25. The fourth-order valence-corrected chi connectivity index (χ4v) is 4.43. The molecule has 0 radical (unpaired) electrons. The van der Waals surface area contributed by atoms with Crippen LogP contribution in [-0.2, 0) is 0 Å². The minimum absolute atomic E-state index is 0.0510. The highest BCUT2D eigenvalue weighted by molar-refractivity contribution is 9.10. The molecular formula is C19H20BrN3O3. The van der Waals surface area contributed by atoms with E-state index < -0.39 is 0 Å².